The molecular formula is C20H26N6O. The second-order valence-corrected chi connectivity index (χ2v) is 7.74. The number of pyridine rings is 2. The summed E-state index contributed by atoms with van der Waals surface area (Å²) in [5.74, 6) is 3.24. The molecule has 1 aliphatic carbocycles. The predicted molar refractivity (Wildman–Crippen MR) is 107 cm³/mol. The fourth-order valence-corrected chi connectivity index (χ4v) is 3.74. The van der Waals surface area contributed by atoms with Crippen LogP contribution in [-0.4, -0.2) is 60.4 Å². The lowest BCUT2D eigenvalue weighted by Crippen LogP contribution is -2.51. The van der Waals surface area contributed by atoms with Crippen LogP contribution in [0.2, 0.25) is 0 Å². The third-order valence-corrected chi connectivity index (χ3v) is 5.56. The van der Waals surface area contributed by atoms with Crippen LogP contribution >= 0.6 is 0 Å². The second-order valence-electron chi connectivity index (χ2n) is 7.74. The summed E-state index contributed by atoms with van der Waals surface area (Å²) in [6.45, 7) is 5.25. The number of nitrogens with one attached hydrogen (secondary N) is 2. The highest BCUT2D eigenvalue weighted by Gasteiger charge is 2.27. The van der Waals surface area contributed by atoms with Gasteiger partial charge < -0.3 is 25.5 Å². The van der Waals surface area contributed by atoms with Crippen molar-refractivity contribution >= 4 is 23.1 Å². The summed E-state index contributed by atoms with van der Waals surface area (Å²) in [6, 6.07) is 8.44. The number of rotatable bonds is 5. The first kappa shape index (κ1) is 16.8. The van der Waals surface area contributed by atoms with E-state index in [4.69, 9.17) is 4.98 Å². The average Bonchev–Trinajstić information content (AvgIpc) is 3.52. The molecule has 142 valence electrons. The van der Waals surface area contributed by atoms with Gasteiger partial charge in [0.05, 0.1) is 6.10 Å². The van der Waals surface area contributed by atoms with Crippen LogP contribution in [0.15, 0.2) is 30.5 Å². The average molecular weight is 366 g/mol. The normalized spacial score (nSPS) is 20.5. The van der Waals surface area contributed by atoms with Gasteiger partial charge in [0.15, 0.2) is 0 Å². The van der Waals surface area contributed by atoms with Crippen molar-refractivity contribution in [1.82, 2.24) is 15.3 Å². The first-order chi connectivity index (χ1) is 13.2. The number of aliphatic hydroxyl groups excluding tert-OH is 1. The summed E-state index contributed by atoms with van der Waals surface area (Å²) < 4.78 is 0. The molecule has 0 bridgehead atoms. The number of aliphatic hydroxyl groups is 1. The quantitative estimate of drug-likeness (QED) is 0.743. The monoisotopic (exact) mass is 366 g/mol. The summed E-state index contributed by atoms with van der Waals surface area (Å²) in [6.07, 6.45) is 4.30. The van der Waals surface area contributed by atoms with Crippen LogP contribution in [0.5, 0.6) is 0 Å². The molecule has 3 fully saturated rings. The molecule has 0 aromatic carbocycles. The number of nitrogens with zero attached hydrogens (tertiary/aromatic N) is 4. The van der Waals surface area contributed by atoms with E-state index in [0.717, 1.165) is 43.6 Å². The molecule has 1 saturated carbocycles. The largest absolute Gasteiger partial charge is 0.389 e. The fourth-order valence-electron chi connectivity index (χ4n) is 3.74. The number of hydrogen-bond donors (Lipinski definition) is 3. The highest BCUT2D eigenvalue weighted by molar-refractivity contribution is 5.66. The van der Waals surface area contributed by atoms with Crippen molar-refractivity contribution in [2.75, 3.05) is 54.4 Å². The zero-order valence-electron chi connectivity index (χ0n) is 15.4. The van der Waals surface area contributed by atoms with Gasteiger partial charge in [-0.3, -0.25) is 0 Å². The second kappa shape index (κ2) is 6.98. The van der Waals surface area contributed by atoms with Gasteiger partial charge in [-0.2, -0.15) is 0 Å². The van der Waals surface area contributed by atoms with Crippen LogP contribution < -0.4 is 20.4 Å². The Hall–Kier alpha value is -2.38. The van der Waals surface area contributed by atoms with Crippen molar-refractivity contribution in [2.24, 2.45) is 0 Å². The van der Waals surface area contributed by atoms with E-state index < -0.39 is 0 Å². The van der Waals surface area contributed by atoms with Gasteiger partial charge in [-0.05, 0) is 30.4 Å². The molecule has 7 nitrogen and oxygen atoms in total. The molecule has 0 amide bonds. The maximum Gasteiger partial charge on any atom is 0.136 e. The summed E-state index contributed by atoms with van der Waals surface area (Å²) in [7, 11) is 0. The van der Waals surface area contributed by atoms with Crippen LogP contribution in [0.25, 0.3) is 0 Å². The molecule has 2 aromatic rings. The molecule has 0 spiro atoms. The topological polar surface area (TPSA) is 76.6 Å². The Morgan fingerprint density at radius 2 is 1.85 bits per heavy atom. The lowest BCUT2D eigenvalue weighted by Gasteiger charge is -2.38. The third kappa shape index (κ3) is 3.70. The molecule has 0 unspecified atom stereocenters. The Morgan fingerprint density at radius 3 is 2.52 bits per heavy atom. The summed E-state index contributed by atoms with van der Waals surface area (Å²) in [5.41, 5.74) is 2.50. The molecule has 2 aliphatic heterocycles. The van der Waals surface area contributed by atoms with E-state index in [1.165, 1.54) is 24.1 Å². The van der Waals surface area contributed by atoms with Gasteiger partial charge in [0.25, 0.3) is 0 Å². The fraction of sp³-hybridized carbons (Fsp3) is 0.500. The lowest BCUT2D eigenvalue weighted by molar-refractivity contribution is 0.141. The van der Waals surface area contributed by atoms with E-state index in [-0.39, 0.29) is 6.10 Å². The Morgan fingerprint density at radius 1 is 1.04 bits per heavy atom. The van der Waals surface area contributed by atoms with E-state index in [2.05, 4.69) is 43.6 Å². The van der Waals surface area contributed by atoms with Crippen molar-refractivity contribution in [3.05, 3.63) is 36.0 Å². The van der Waals surface area contributed by atoms with E-state index in [0.29, 0.717) is 19.0 Å². The third-order valence-electron chi connectivity index (χ3n) is 5.56. The molecule has 7 heteroatoms. The van der Waals surface area contributed by atoms with Gasteiger partial charge in [0.1, 0.15) is 17.5 Å². The molecule has 3 aliphatic rings. The van der Waals surface area contributed by atoms with Crippen molar-refractivity contribution < 1.29 is 5.11 Å². The summed E-state index contributed by atoms with van der Waals surface area (Å²) in [4.78, 5) is 13.8. The van der Waals surface area contributed by atoms with Gasteiger partial charge in [-0.1, -0.05) is 6.07 Å². The van der Waals surface area contributed by atoms with Gasteiger partial charge in [0, 0.05) is 63.3 Å². The van der Waals surface area contributed by atoms with Crippen LogP contribution in [0.4, 0.5) is 23.1 Å². The highest BCUT2D eigenvalue weighted by Crippen LogP contribution is 2.39. The van der Waals surface area contributed by atoms with Crippen molar-refractivity contribution in [2.45, 2.75) is 24.9 Å². The molecule has 27 heavy (non-hydrogen) atoms. The van der Waals surface area contributed by atoms with E-state index in [1.54, 1.807) is 0 Å². The minimum absolute atomic E-state index is 0.248. The molecule has 0 radical (unpaired) electrons. The number of β-amino-alcohol motifs (C(OH)–C–C–N with tert-alkyl or cyclic N) is 1. The SMILES string of the molecule is OC1CN(c2cc(N3CCNCC3)cc(Nc3ccc(C4CC4)cn3)n2)C1. The lowest BCUT2D eigenvalue weighted by atomic mass is 10.1. The number of aromatic nitrogens is 2. The number of piperazine rings is 1. The van der Waals surface area contributed by atoms with Gasteiger partial charge in [-0.25, -0.2) is 9.97 Å². The minimum atomic E-state index is -0.248. The van der Waals surface area contributed by atoms with E-state index in [1.807, 2.05) is 12.3 Å². The van der Waals surface area contributed by atoms with Gasteiger partial charge in [-0.15, -0.1) is 0 Å². The van der Waals surface area contributed by atoms with Crippen molar-refractivity contribution in [3.8, 4) is 0 Å². The molecule has 0 atom stereocenters. The van der Waals surface area contributed by atoms with Crippen molar-refractivity contribution in [3.63, 3.8) is 0 Å². The van der Waals surface area contributed by atoms with Crippen LogP contribution in [-0.2, 0) is 0 Å². The van der Waals surface area contributed by atoms with Gasteiger partial charge in [0.2, 0.25) is 0 Å². The molecular weight excluding hydrogens is 340 g/mol. The maximum absolute atomic E-state index is 9.66. The molecule has 4 heterocycles. The molecule has 3 N–H and O–H groups in total. The number of anilines is 4. The minimum Gasteiger partial charge on any atom is -0.389 e. The number of hydrogen-bond acceptors (Lipinski definition) is 7. The van der Waals surface area contributed by atoms with Crippen LogP contribution in [0.1, 0.15) is 24.3 Å². The predicted octanol–water partition coefficient (Wildman–Crippen LogP) is 1.69. The summed E-state index contributed by atoms with van der Waals surface area (Å²) >= 11 is 0. The van der Waals surface area contributed by atoms with Gasteiger partial charge >= 0.3 is 0 Å². The smallest absolute Gasteiger partial charge is 0.136 e. The Kier molecular flexibility index (Phi) is 4.33. The standard InChI is InChI=1S/C20H26N6O/c27-17-12-26(13-17)20-10-16(25-7-5-21-6-8-25)9-19(24-20)23-18-4-3-15(11-22-18)14-1-2-14/h3-4,9-11,14,17,21,27H,1-2,5-8,12-13H2,(H,22,23,24). The molecule has 2 saturated heterocycles. The Labute approximate surface area is 159 Å². The van der Waals surface area contributed by atoms with Crippen molar-refractivity contribution in [1.29, 1.82) is 0 Å². The summed E-state index contributed by atoms with van der Waals surface area (Å²) in [5, 5.41) is 16.4. The highest BCUT2D eigenvalue weighted by atomic mass is 16.3. The first-order valence-electron chi connectivity index (χ1n) is 9.88. The Balaban J connectivity index is 1.39. The van der Waals surface area contributed by atoms with E-state index >= 15 is 0 Å². The Bertz CT molecular complexity index is 795. The maximum atomic E-state index is 9.66. The first-order valence-corrected chi connectivity index (χ1v) is 9.88. The van der Waals surface area contributed by atoms with E-state index in [9.17, 15) is 5.11 Å². The zero-order valence-corrected chi connectivity index (χ0v) is 15.4. The zero-order chi connectivity index (χ0) is 18.2. The molecule has 5 rings (SSSR count). The van der Waals surface area contributed by atoms with Crippen LogP contribution in [0.3, 0.4) is 0 Å². The van der Waals surface area contributed by atoms with Crippen LogP contribution in [0, 0.1) is 0 Å². The molecule has 2 aromatic heterocycles.